The van der Waals surface area contributed by atoms with Crippen molar-refractivity contribution in [1.82, 2.24) is 10.2 Å². The smallest absolute Gasteiger partial charge is 0.0120 e. The van der Waals surface area contributed by atoms with Crippen LogP contribution < -0.4 is 5.32 Å². The van der Waals surface area contributed by atoms with Gasteiger partial charge in [-0.15, -0.1) is 6.58 Å². The van der Waals surface area contributed by atoms with Crippen LogP contribution in [0, 0.1) is 5.92 Å². The van der Waals surface area contributed by atoms with E-state index in [-0.39, 0.29) is 0 Å². The lowest BCUT2D eigenvalue weighted by Crippen LogP contribution is -2.53. The van der Waals surface area contributed by atoms with E-state index in [4.69, 9.17) is 0 Å². The lowest BCUT2D eigenvalue weighted by atomic mass is 9.87. The van der Waals surface area contributed by atoms with Gasteiger partial charge in [0.2, 0.25) is 0 Å². The molecule has 3 unspecified atom stereocenters. The molecular formula is C13H26N2. The molecule has 1 fully saturated rings. The number of nitrogens with zero attached hydrogens (tertiary/aromatic N) is 1. The van der Waals surface area contributed by atoms with E-state index in [1.165, 1.54) is 19.5 Å². The molecule has 1 saturated heterocycles. The molecule has 0 bridgehead atoms. The standard InChI is InChI=1S/C13H26N2/c1-5-7-9-15-10-8-13(14-6-2)11(3)12(15)4/h5,11-14H,1,6-10H2,2-4H3. The summed E-state index contributed by atoms with van der Waals surface area (Å²) in [7, 11) is 0. The van der Waals surface area contributed by atoms with E-state index < -0.39 is 0 Å². The highest BCUT2D eigenvalue weighted by Gasteiger charge is 2.30. The van der Waals surface area contributed by atoms with Crippen molar-refractivity contribution >= 4 is 0 Å². The minimum Gasteiger partial charge on any atom is -0.314 e. The number of rotatable bonds is 5. The molecule has 2 nitrogen and oxygen atoms in total. The Morgan fingerprint density at radius 2 is 2.20 bits per heavy atom. The quantitative estimate of drug-likeness (QED) is 0.700. The Kier molecular flexibility index (Phi) is 5.34. The van der Waals surface area contributed by atoms with Gasteiger partial charge in [-0.3, -0.25) is 4.90 Å². The van der Waals surface area contributed by atoms with Gasteiger partial charge in [0.05, 0.1) is 0 Å². The van der Waals surface area contributed by atoms with Crippen molar-refractivity contribution in [2.24, 2.45) is 5.92 Å². The van der Waals surface area contributed by atoms with E-state index in [9.17, 15) is 0 Å². The van der Waals surface area contributed by atoms with Crippen LogP contribution in [0.25, 0.3) is 0 Å². The minimum atomic E-state index is 0.697. The van der Waals surface area contributed by atoms with Crippen molar-refractivity contribution in [3.8, 4) is 0 Å². The molecule has 0 aromatic carbocycles. The fourth-order valence-corrected chi connectivity index (χ4v) is 2.56. The SMILES string of the molecule is C=CCCN1CCC(NCC)C(C)C1C. The fourth-order valence-electron chi connectivity index (χ4n) is 2.56. The summed E-state index contributed by atoms with van der Waals surface area (Å²) in [4.78, 5) is 2.60. The second-order valence-electron chi connectivity index (χ2n) is 4.67. The van der Waals surface area contributed by atoms with Crippen LogP contribution in [-0.4, -0.2) is 36.6 Å². The first kappa shape index (κ1) is 12.7. The third-order valence-electron chi connectivity index (χ3n) is 3.79. The van der Waals surface area contributed by atoms with Crippen LogP contribution in [0.3, 0.4) is 0 Å². The average molecular weight is 210 g/mol. The first-order chi connectivity index (χ1) is 7.20. The van der Waals surface area contributed by atoms with Crippen molar-refractivity contribution in [2.75, 3.05) is 19.6 Å². The maximum absolute atomic E-state index is 3.79. The van der Waals surface area contributed by atoms with Crippen LogP contribution in [0.5, 0.6) is 0 Å². The zero-order valence-corrected chi connectivity index (χ0v) is 10.5. The summed E-state index contributed by atoms with van der Waals surface area (Å²) in [6, 6.07) is 1.41. The molecule has 0 aromatic heterocycles. The van der Waals surface area contributed by atoms with Crippen LogP contribution in [0.4, 0.5) is 0 Å². The molecule has 0 amide bonds. The van der Waals surface area contributed by atoms with Crippen LogP contribution in [0.1, 0.15) is 33.6 Å². The van der Waals surface area contributed by atoms with Gasteiger partial charge in [-0.25, -0.2) is 0 Å². The molecule has 0 saturated carbocycles. The normalized spacial score (nSPS) is 32.9. The molecule has 2 heteroatoms. The Morgan fingerprint density at radius 3 is 2.80 bits per heavy atom. The molecule has 3 atom stereocenters. The molecule has 15 heavy (non-hydrogen) atoms. The molecule has 1 aliphatic heterocycles. The summed E-state index contributed by atoms with van der Waals surface area (Å²) in [5.41, 5.74) is 0. The predicted octanol–water partition coefficient (Wildman–Crippen LogP) is 2.27. The lowest BCUT2D eigenvalue weighted by molar-refractivity contribution is 0.0874. The summed E-state index contributed by atoms with van der Waals surface area (Å²) < 4.78 is 0. The Balaban J connectivity index is 2.44. The van der Waals surface area contributed by atoms with Crippen molar-refractivity contribution in [2.45, 2.75) is 45.7 Å². The van der Waals surface area contributed by atoms with Crippen molar-refractivity contribution in [3.05, 3.63) is 12.7 Å². The van der Waals surface area contributed by atoms with E-state index >= 15 is 0 Å². The van der Waals surface area contributed by atoms with Crippen LogP contribution >= 0.6 is 0 Å². The Bertz CT molecular complexity index is 191. The molecule has 1 aliphatic rings. The second kappa shape index (κ2) is 6.29. The first-order valence-electron chi connectivity index (χ1n) is 6.29. The number of hydrogen-bond donors (Lipinski definition) is 1. The van der Waals surface area contributed by atoms with E-state index in [0.717, 1.165) is 18.9 Å². The van der Waals surface area contributed by atoms with Gasteiger partial charge in [0.1, 0.15) is 0 Å². The molecule has 1 N–H and O–H groups in total. The van der Waals surface area contributed by atoms with Gasteiger partial charge in [-0.1, -0.05) is 19.9 Å². The summed E-state index contributed by atoms with van der Waals surface area (Å²) in [5.74, 6) is 0.753. The van der Waals surface area contributed by atoms with Gasteiger partial charge in [-0.05, 0) is 38.8 Å². The highest BCUT2D eigenvalue weighted by molar-refractivity contribution is 4.89. The van der Waals surface area contributed by atoms with Gasteiger partial charge >= 0.3 is 0 Å². The highest BCUT2D eigenvalue weighted by Crippen LogP contribution is 2.23. The van der Waals surface area contributed by atoms with E-state index in [1.54, 1.807) is 0 Å². The monoisotopic (exact) mass is 210 g/mol. The minimum absolute atomic E-state index is 0.697. The Hall–Kier alpha value is -0.340. The topological polar surface area (TPSA) is 15.3 Å². The Morgan fingerprint density at radius 1 is 1.47 bits per heavy atom. The third kappa shape index (κ3) is 3.32. The van der Waals surface area contributed by atoms with E-state index in [2.05, 4.69) is 37.6 Å². The van der Waals surface area contributed by atoms with Gasteiger partial charge in [0, 0.05) is 18.6 Å². The number of likely N-dealkylation sites (tertiary alicyclic amines) is 1. The van der Waals surface area contributed by atoms with Crippen LogP contribution in [0.2, 0.25) is 0 Å². The number of hydrogen-bond acceptors (Lipinski definition) is 2. The molecular weight excluding hydrogens is 184 g/mol. The first-order valence-corrected chi connectivity index (χ1v) is 6.29. The summed E-state index contributed by atoms with van der Waals surface area (Å²) >= 11 is 0. The van der Waals surface area contributed by atoms with Crippen LogP contribution in [0.15, 0.2) is 12.7 Å². The Labute approximate surface area is 94.7 Å². The second-order valence-corrected chi connectivity index (χ2v) is 4.67. The molecule has 0 spiro atoms. The number of piperidine rings is 1. The zero-order chi connectivity index (χ0) is 11.3. The summed E-state index contributed by atoms with van der Waals surface area (Å²) in [5, 5.41) is 3.59. The maximum atomic E-state index is 3.79. The van der Waals surface area contributed by atoms with Crippen LogP contribution in [-0.2, 0) is 0 Å². The van der Waals surface area contributed by atoms with Gasteiger partial charge in [0.25, 0.3) is 0 Å². The van der Waals surface area contributed by atoms with Gasteiger partial charge < -0.3 is 5.32 Å². The highest BCUT2D eigenvalue weighted by atomic mass is 15.2. The molecule has 1 rings (SSSR count). The van der Waals surface area contributed by atoms with Crippen molar-refractivity contribution in [1.29, 1.82) is 0 Å². The lowest BCUT2D eigenvalue weighted by Gasteiger charge is -2.43. The van der Waals surface area contributed by atoms with Gasteiger partial charge in [0.15, 0.2) is 0 Å². The summed E-state index contributed by atoms with van der Waals surface area (Å²) in [6.07, 6.45) is 4.42. The number of nitrogens with one attached hydrogen (secondary N) is 1. The van der Waals surface area contributed by atoms with Crippen molar-refractivity contribution < 1.29 is 0 Å². The molecule has 0 aromatic rings. The van der Waals surface area contributed by atoms with E-state index in [1.807, 2.05) is 6.08 Å². The zero-order valence-electron chi connectivity index (χ0n) is 10.5. The van der Waals surface area contributed by atoms with Gasteiger partial charge in [-0.2, -0.15) is 0 Å². The summed E-state index contributed by atoms with van der Waals surface area (Å²) in [6.45, 7) is 14.2. The molecule has 1 heterocycles. The molecule has 0 aliphatic carbocycles. The largest absolute Gasteiger partial charge is 0.314 e. The average Bonchev–Trinajstić information content (AvgIpc) is 2.24. The third-order valence-corrected chi connectivity index (χ3v) is 3.79. The molecule has 88 valence electrons. The molecule has 0 radical (unpaired) electrons. The maximum Gasteiger partial charge on any atom is 0.0120 e. The fraction of sp³-hybridized carbons (Fsp3) is 0.846. The van der Waals surface area contributed by atoms with Crippen molar-refractivity contribution in [3.63, 3.8) is 0 Å². The predicted molar refractivity (Wildman–Crippen MR) is 67.1 cm³/mol. The van der Waals surface area contributed by atoms with E-state index in [0.29, 0.717) is 12.1 Å².